The van der Waals surface area contributed by atoms with Gasteiger partial charge in [0.05, 0.1) is 0 Å². The maximum Gasteiger partial charge on any atom is 0.238 e. The van der Waals surface area contributed by atoms with Crippen molar-refractivity contribution in [3.8, 4) is 0 Å². The van der Waals surface area contributed by atoms with Gasteiger partial charge in [-0.3, -0.25) is 0 Å². The molecule has 0 aromatic rings. The van der Waals surface area contributed by atoms with Crippen LogP contribution in [0, 0.1) is 12.3 Å². The third-order valence-corrected chi connectivity index (χ3v) is 1.54. The van der Waals surface area contributed by atoms with E-state index >= 15 is 0 Å². The Morgan fingerprint density at radius 2 is 2.11 bits per heavy atom. The first-order valence-corrected chi connectivity index (χ1v) is 3.39. The Morgan fingerprint density at radius 3 is 2.56 bits per heavy atom. The highest BCUT2D eigenvalue weighted by Gasteiger charge is 2.20. The molecule has 0 N–H and O–H groups in total. The van der Waals surface area contributed by atoms with E-state index in [1.54, 1.807) is 6.42 Å². The van der Waals surface area contributed by atoms with Crippen LogP contribution in [0.4, 0.5) is 8.78 Å². The van der Waals surface area contributed by atoms with Crippen LogP contribution >= 0.6 is 0 Å². The molecule has 0 amide bonds. The second-order valence-corrected chi connectivity index (χ2v) is 2.59. The number of rotatable bonds is 4. The van der Waals surface area contributed by atoms with E-state index in [0.29, 0.717) is 0 Å². The van der Waals surface area contributed by atoms with Crippen molar-refractivity contribution in [2.45, 2.75) is 32.1 Å². The molecule has 0 nitrogen and oxygen atoms in total. The van der Waals surface area contributed by atoms with Gasteiger partial charge in [0.25, 0.3) is 0 Å². The average Bonchev–Trinajstić information content (AvgIpc) is 2.48. The first-order chi connectivity index (χ1) is 4.29. The van der Waals surface area contributed by atoms with Crippen molar-refractivity contribution in [3.05, 3.63) is 6.42 Å². The molecule has 1 saturated carbocycles. The lowest BCUT2D eigenvalue weighted by molar-refractivity contribution is 0.146. The van der Waals surface area contributed by atoms with Crippen LogP contribution in [0.2, 0.25) is 0 Å². The molecule has 0 heterocycles. The minimum Gasteiger partial charge on any atom is -0.211 e. The summed E-state index contributed by atoms with van der Waals surface area (Å²) in [4.78, 5) is 0. The molecule has 2 heteroatoms. The molecule has 0 unspecified atom stereocenters. The second kappa shape index (κ2) is 3.14. The first-order valence-electron chi connectivity index (χ1n) is 3.39. The Morgan fingerprint density at radius 1 is 1.44 bits per heavy atom. The zero-order valence-electron chi connectivity index (χ0n) is 5.32. The van der Waals surface area contributed by atoms with Gasteiger partial charge in [0.15, 0.2) is 0 Å². The van der Waals surface area contributed by atoms with Crippen LogP contribution < -0.4 is 0 Å². The van der Waals surface area contributed by atoms with Gasteiger partial charge >= 0.3 is 0 Å². The van der Waals surface area contributed by atoms with Crippen LogP contribution in [0.3, 0.4) is 0 Å². The maximum atomic E-state index is 11.5. The molecular formula is C7H11F2. The van der Waals surface area contributed by atoms with E-state index in [2.05, 4.69) is 0 Å². The molecule has 1 aliphatic carbocycles. The molecule has 0 atom stereocenters. The van der Waals surface area contributed by atoms with Crippen LogP contribution in [0.1, 0.15) is 25.7 Å². The third kappa shape index (κ3) is 3.44. The zero-order valence-corrected chi connectivity index (χ0v) is 5.32. The predicted molar refractivity (Wildman–Crippen MR) is 32.3 cm³/mol. The van der Waals surface area contributed by atoms with E-state index in [-0.39, 0.29) is 6.42 Å². The van der Waals surface area contributed by atoms with Gasteiger partial charge in [-0.05, 0) is 18.8 Å². The second-order valence-electron chi connectivity index (χ2n) is 2.59. The Bertz CT molecular complexity index is 75.0. The molecule has 0 spiro atoms. The molecule has 0 aromatic carbocycles. The van der Waals surface area contributed by atoms with E-state index < -0.39 is 6.43 Å². The lowest BCUT2D eigenvalue weighted by Crippen LogP contribution is -1.90. The largest absolute Gasteiger partial charge is 0.238 e. The molecule has 9 heavy (non-hydrogen) atoms. The molecular weight excluding hydrogens is 122 g/mol. The fourth-order valence-corrected chi connectivity index (χ4v) is 0.811. The summed E-state index contributed by atoms with van der Waals surface area (Å²) in [7, 11) is 0. The maximum absolute atomic E-state index is 11.5. The minimum atomic E-state index is -2.14. The van der Waals surface area contributed by atoms with Gasteiger partial charge in [-0.2, -0.15) is 0 Å². The summed E-state index contributed by atoms with van der Waals surface area (Å²) in [5, 5.41) is 0. The van der Waals surface area contributed by atoms with E-state index in [9.17, 15) is 8.78 Å². The molecule has 0 saturated heterocycles. The quantitative estimate of drug-likeness (QED) is 0.553. The van der Waals surface area contributed by atoms with Crippen molar-refractivity contribution in [1.82, 2.24) is 0 Å². The normalized spacial score (nSPS) is 19.0. The summed E-state index contributed by atoms with van der Waals surface area (Å²) in [5.74, 6) is 0.753. The number of alkyl halides is 2. The van der Waals surface area contributed by atoms with Crippen LogP contribution in [-0.4, -0.2) is 6.43 Å². The Hall–Kier alpha value is -0.140. The molecule has 0 aliphatic heterocycles. The zero-order chi connectivity index (χ0) is 6.69. The van der Waals surface area contributed by atoms with Crippen molar-refractivity contribution < 1.29 is 8.78 Å². The summed E-state index contributed by atoms with van der Waals surface area (Å²) >= 11 is 0. The minimum absolute atomic E-state index is 0.0174. The SMILES string of the molecule is FC(F)C[CH]CC1CC1. The molecule has 0 aromatic heterocycles. The summed E-state index contributed by atoms with van der Waals surface area (Å²) in [6.45, 7) is 0. The van der Waals surface area contributed by atoms with Crippen molar-refractivity contribution >= 4 is 0 Å². The first kappa shape index (κ1) is 6.97. The molecule has 1 rings (SSSR count). The third-order valence-electron chi connectivity index (χ3n) is 1.54. The topological polar surface area (TPSA) is 0 Å². The Labute approximate surface area is 54.3 Å². The van der Waals surface area contributed by atoms with Gasteiger partial charge < -0.3 is 0 Å². The van der Waals surface area contributed by atoms with Crippen LogP contribution in [0.5, 0.6) is 0 Å². The highest BCUT2D eigenvalue weighted by atomic mass is 19.3. The molecule has 1 radical (unpaired) electrons. The van der Waals surface area contributed by atoms with Crippen molar-refractivity contribution in [2.75, 3.05) is 0 Å². The van der Waals surface area contributed by atoms with Crippen molar-refractivity contribution in [3.63, 3.8) is 0 Å². The van der Waals surface area contributed by atoms with Crippen LogP contribution in [0.25, 0.3) is 0 Å². The number of hydrogen-bond donors (Lipinski definition) is 0. The Balaban J connectivity index is 1.81. The number of halogens is 2. The standard InChI is InChI=1S/C7H11F2/c8-7(9)3-1-2-6-4-5-6/h1,6-7H,2-5H2. The fourth-order valence-electron chi connectivity index (χ4n) is 0.811. The lowest BCUT2D eigenvalue weighted by Gasteiger charge is -1.95. The predicted octanol–water partition coefficient (Wildman–Crippen LogP) is 2.65. The summed E-state index contributed by atoms with van der Waals surface area (Å²) in [6.07, 6.45) is 2.96. The highest BCUT2D eigenvalue weighted by molar-refractivity contribution is 4.80. The smallest absolute Gasteiger partial charge is 0.211 e. The van der Waals surface area contributed by atoms with Crippen molar-refractivity contribution in [2.24, 2.45) is 5.92 Å². The van der Waals surface area contributed by atoms with Gasteiger partial charge in [-0.15, -0.1) is 0 Å². The molecule has 53 valence electrons. The van der Waals surface area contributed by atoms with E-state index in [4.69, 9.17) is 0 Å². The fraction of sp³-hybridized carbons (Fsp3) is 0.857. The summed E-state index contributed by atoms with van der Waals surface area (Å²) in [5.41, 5.74) is 0. The molecule has 0 bridgehead atoms. The number of hydrogen-bond acceptors (Lipinski definition) is 0. The van der Waals surface area contributed by atoms with E-state index in [1.807, 2.05) is 0 Å². The van der Waals surface area contributed by atoms with Gasteiger partial charge in [-0.25, -0.2) is 8.78 Å². The van der Waals surface area contributed by atoms with Gasteiger partial charge in [0.2, 0.25) is 6.43 Å². The molecule has 1 fully saturated rings. The summed E-state index contributed by atoms with van der Waals surface area (Å²) in [6, 6.07) is 0. The van der Waals surface area contributed by atoms with Crippen LogP contribution in [-0.2, 0) is 0 Å². The van der Waals surface area contributed by atoms with Gasteiger partial charge in [0.1, 0.15) is 0 Å². The van der Waals surface area contributed by atoms with E-state index in [1.165, 1.54) is 12.8 Å². The van der Waals surface area contributed by atoms with Gasteiger partial charge in [-0.1, -0.05) is 12.8 Å². The lowest BCUT2D eigenvalue weighted by atomic mass is 10.2. The molecule has 1 aliphatic rings. The van der Waals surface area contributed by atoms with Crippen LogP contribution in [0.15, 0.2) is 0 Å². The van der Waals surface area contributed by atoms with Crippen molar-refractivity contribution in [1.29, 1.82) is 0 Å². The average molecular weight is 133 g/mol. The Kier molecular flexibility index (Phi) is 2.43. The van der Waals surface area contributed by atoms with Gasteiger partial charge in [0, 0.05) is 6.42 Å². The summed E-state index contributed by atoms with van der Waals surface area (Å²) < 4.78 is 22.9. The van der Waals surface area contributed by atoms with E-state index in [0.717, 1.165) is 12.3 Å². The monoisotopic (exact) mass is 133 g/mol. The highest BCUT2D eigenvalue weighted by Crippen LogP contribution is 2.33.